The summed E-state index contributed by atoms with van der Waals surface area (Å²) in [6.45, 7) is 3.67. The molecular formula is C11H14N6O. The molecule has 3 N–H and O–H groups in total. The first-order valence-corrected chi connectivity index (χ1v) is 5.38. The highest BCUT2D eigenvalue weighted by molar-refractivity contribution is 6.05. The Morgan fingerprint density at radius 2 is 1.94 bits per heavy atom. The van der Waals surface area contributed by atoms with E-state index in [0.29, 0.717) is 5.69 Å². The van der Waals surface area contributed by atoms with Crippen molar-refractivity contribution in [2.75, 3.05) is 11.1 Å². The van der Waals surface area contributed by atoms with E-state index < -0.39 is 0 Å². The van der Waals surface area contributed by atoms with Gasteiger partial charge in [-0.2, -0.15) is 5.10 Å². The fourth-order valence-corrected chi connectivity index (χ4v) is 1.68. The van der Waals surface area contributed by atoms with Gasteiger partial charge in [-0.05, 0) is 19.9 Å². The van der Waals surface area contributed by atoms with Crippen LogP contribution < -0.4 is 11.1 Å². The lowest BCUT2D eigenvalue weighted by Crippen LogP contribution is -2.19. The van der Waals surface area contributed by atoms with Crippen LogP contribution in [0.4, 0.5) is 11.6 Å². The van der Waals surface area contributed by atoms with Gasteiger partial charge in [-0.3, -0.25) is 14.8 Å². The molecule has 0 unspecified atom stereocenters. The first-order valence-electron chi connectivity index (χ1n) is 5.38. The Morgan fingerprint density at radius 1 is 1.33 bits per heavy atom. The molecule has 0 aliphatic rings. The molecule has 2 aromatic heterocycles. The Labute approximate surface area is 104 Å². The molecule has 2 rings (SSSR count). The number of nitrogen functional groups attached to an aromatic ring is 1. The molecular weight excluding hydrogens is 232 g/mol. The highest BCUT2D eigenvalue weighted by Crippen LogP contribution is 2.11. The number of amides is 1. The molecule has 7 nitrogen and oxygen atoms in total. The van der Waals surface area contributed by atoms with Crippen molar-refractivity contribution >= 4 is 17.5 Å². The Morgan fingerprint density at radius 3 is 2.44 bits per heavy atom. The minimum absolute atomic E-state index is 0.262. The van der Waals surface area contributed by atoms with Gasteiger partial charge < -0.3 is 5.73 Å². The van der Waals surface area contributed by atoms with Crippen LogP contribution in [0.3, 0.4) is 0 Å². The SMILES string of the molecule is Cc1cc(C)nc(NC(=O)c2c(N)cnn2C)n1. The second-order valence-electron chi connectivity index (χ2n) is 4.00. The predicted molar refractivity (Wildman–Crippen MR) is 67.1 cm³/mol. The average molecular weight is 246 g/mol. The van der Waals surface area contributed by atoms with Crippen molar-refractivity contribution < 1.29 is 4.79 Å². The zero-order valence-corrected chi connectivity index (χ0v) is 10.4. The summed E-state index contributed by atoms with van der Waals surface area (Å²) < 4.78 is 1.41. The number of nitrogens with two attached hydrogens (primary N) is 1. The minimum Gasteiger partial charge on any atom is -0.396 e. The van der Waals surface area contributed by atoms with E-state index in [0.717, 1.165) is 11.4 Å². The molecule has 94 valence electrons. The zero-order valence-electron chi connectivity index (χ0n) is 10.4. The maximum atomic E-state index is 12.0. The van der Waals surface area contributed by atoms with Crippen molar-refractivity contribution in [1.82, 2.24) is 19.7 Å². The number of aromatic nitrogens is 4. The number of anilines is 2. The van der Waals surface area contributed by atoms with Crippen LogP contribution in [0.2, 0.25) is 0 Å². The lowest BCUT2D eigenvalue weighted by atomic mass is 10.3. The van der Waals surface area contributed by atoms with E-state index in [1.54, 1.807) is 7.05 Å². The van der Waals surface area contributed by atoms with Gasteiger partial charge in [-0.25, -0.2) is 9.97 Å². The Balaban J connectivity index is 2.27. The van der Waals surface area contributed by atoms with Gasteiger partial charge in [0, 0.05) is 18.4 Å². The molecule has 1 amide bonds. The molecule has 0 atom stereocenters. The predicted octanol–water partition coefficient (Wildman–Crippen LogP) is 0.661. The molecule has 0 spiro atoms. The van der Waals surface area contributed by atoms with E-state index in [-0.39, 0.29) is 17.5 Å². The van der Waals surface area contributed by atoms with Crippen molar-refractivity contribution in [3.63, 3.8) is 0 Å². The third-order valence-electron chi connectivity index (χ3n) is 2.39. The normalized spacial score (nSPS) is 10.4. The van der Waals surface area contributed by atoms with Gasteiger partial charge in [0.25, 0.3) is 5.91 Å². The highest BCUT2D eigenvalue weighted by Gasteiger charge is 2.16. The van der Waals surface area contributed by atoms with Crippen molar-refractivity contribution in [3.05, 3.63) is 29.3 Å². The third kappa shape index (κ3) is 2.29. The van der Waals surface area contributed by atoms with Gasteiger partial charge >= 0.3 is 0 Å². The van der Waals surface area contributed by atoms with Gasteiger partial charge in [0.05, 0.1) is 11.9 Å². The monoisotopic (exact) mass is 246 g/mol. The first-order chi connectivity index (χ1) is 8.47. The average Bonchev–Trinajstić information content (AvgIpc) is 2.56. The van der Waals surface area contributed by atoms with Crippen molar-refractivity contribution in [2.45, 2.75) is 13.8 Å². The van der Waals surface area contributed by atoms with E-state index in [9.17, 15) is 4.79 Å². The molecule has 0 bridgehead atoms. The largest absolute Gasteiger partial charge is 0.396 e. The van der Waals surface area contributed by atoms with Crippen LogP contribution in [0.1, 0.15) is 21.9 Å². The number of aryl methyl sites for hydroxylation is 3. The molecule has 18 heavy (non-hydrogen) atoms. The molecule has 2 aromatic rings. The highest BCUT2D eigenvalue weighted by atomic mass is 16.2. The third-order valence-corrected chi connectivity index (χ3v) is 2.39. The molecule has 0 aliphatic carbocycles. The summed E-state index contributed by atoms with van der Waals surface area (Å²) in [5, 5.41) is 6.51. The van der Waals surface area contributed by atoms with Crippen LogP contribution in [0, 0.1) is 13.8 Å². The van der Waals surface area contributed by atoms with Crippen LogP contribution in [0.25, 0.3) is 0 Å². The summed E-state index contributed by atoms with van der Waals surface area (Å²) in [5.74, 6) is -0.115. The first kappa shape index (κ1) is 12.0. The van der Waals surface area contributed by atoms with Crippen LogP contribution in [0.15, 0.2) is 12.3 Å². The number of hydrogen-bond acceptors (Lipinski definition) is 5. The maximum Gasteiger partial charge on any atom is 0.278 e. The van der Waals surface area contributed by atoms with Crippen molar-refractivity contribution in [3.8, 4) is 0 Å². The van der Waals surface area contributed by atoms with Crippen LogP contribution >= 0.6 is 0 Å². The summed E-state index contributed by atoms with van der Waals surface area (Å²) in [6.07, 6.45) is 1.43. The molecule has 0 radical (unpaired) electrons. The van der Waals surface area contributed by atoms with E-state index in [4.69, 9.17) is 5.73 Å². The Bertz CT molecular complexity index is 564. The molecule has 7 heteroatoms. The lowest BCUT2D eigenvalue weighted by molar-refractivity contribution is 0.101. The minimum atomic E-state index is -0.377. The number of carbonyl (C=O) groups is 1. The van der Waals surface area contributed by atoms with Crippen LogP contribution in [-0.2, 0) is 7.05 Å². The molecule has 0 aromatic carbocycles. The van der Waals surface area contributed by atoms with E-state index >= 15 is 0 Å². The van der Waals surface area contributed by atoms with Gasteiger partial charge in [-0.15, -0.1) is 0 Å². The summed E-state index contributed by atoms with van der Waals surface area (Å²) in [4.78, 5) is 20.3. The number of hydrogen-bond donors (Lipinski definition) is 2. The second-order valence-corrected chi connectivity index (χ2v) is 4.00. The lowest BCUT2D eigenvalue weighted by Gasteiger charge is -2.06. The van der Waals surface area contributed by atoms with E-state index in [1.165, 1.54) is 10.9 Å². The Kier molecular flexibility index (Phi) is 2.97. The van der Waals surface area contributed by atoms with Gasteiger partial charge in [-0.1, -0.05) is 0 Å². The summed E-state index contributed by atoms with van der Waals surface area (Å²) in [7, 11) is 1.65. The fraction of sp³-hybridized carbons (Fsp3) is 0.273. The smallest absolute Gasteiger partial charge is 0.278 e. The van der Waals surface area contributed by atoms with Crippen molar-refractivity contribution in [1.29, 1.82) is 0 Å². The van der Waals surface area contributed by atoms with E-state index in [1.807, 2.05) is 19.9 Å². The summed E-state index contributed by atoms with van der Waals surface area (Å²) in [5.41, 5.74) is 7.85. The summed E-state index contributed by atoms with van der Waals surface area (Å²) in [6, 6.07) is 1.83. The van der Waals surface area contributed by atoms with Crippen molar-refractivity contribution in [2.24, 2.45) is 7.05 Å². The maximum absolute atomic E-state index is 12.0. The molecule has 0 fully saturated rings. The zero-order chi connectivity index (χ0) is 13.3. The molecule has 0 saturated heterocycles. The van der Waals surface area contributed by atoms with Gasteiger partial charge in [0.1, 0.15) is 5.69 Å². The van der Waals surface area contributed by atoms with Gasteiger partial charge in [0.15, 0.2) is 0 Å². The quantitative estimate of drug-likeness (QED) is 0.811. The number of carbonyl (C=O) groups excluding carboxylic acids is 1. The van der Waals surface area contributed by atoms with Gasteiger partial charge in [0.2, 0.25) is 5.95 Å². The standard InChI is InChI=1S/C11H14N6O/c1-6-4-7(2)15-11(14-6)16-10(18)9-8(12)5-13-17(9)3/h4-5H,12H2,1-3H3,(H,14,15,16,18). The van der Waals surface area contributed by atoms with E-state index in [2.05, 4.69) is 20.4 Å². The Hall–Kier alpha value is -2.44. The topological polar surface area (TPSA) is 98.7 Å². The molecule has 2 heterocycles. The molecule has 0 aliphatic heterocycles. The number of nitrogens with one attached hydrogen (secondary N) is 1. The number of nitrogens with zero attached hydrogens (tertiary/aromatic N) is 4. The van der Waals surface area contributed by atoms with Crippen LogP contribution in [0.5, 0.6) is 0 Å². The summed E-state index contributed by atoms with van der Waals surface area (Å²) >= 11 is 0. The molecule has 0 saturated carbocycles. The number of rotatable bonds is 2. The second kappa shape index (κ2) is 4.44. The fourth-order valence-electron chi connectivity index (χ4n) is 1.68. The van der Waals surface area contributed by atoms with Crippen LogP contribution in [-0.4, -0.2) is 25.7 Å².